The summed E-state index contributed by atoms with van der Waals surface area (Å²) < 4.78 is 6.52. The maximum Gasteiger partial charge on any atom is 0.164 e. The zero-order valence-electron chi connectivity index (χ0n) is 26.3. The number of furan rings is 1. The molecule has 0 saturated heterocycles. The Morgan fingerprint density at radius 2 is 0.898 bits per heavy atom. The fourth-order valence-electron chi connectivity index (χ4n) is 7.22. The monoisotopic (exact) mass is 625 g/mol. The number of rotatable bonds is 4. The molecule has 0 atom stereocenters. The molecule has 2 heterocycles. The Morgan fingerprint density at radius 3 is 1.65 bits per heavy atom. The van der Waals surface area contributed by atoms with Crippen molar-refractivity contribution in [3.63, 3.8) is 0 Å². The average molecular weight is 626 g/mol. The van der Waals surface area contributed by atoms with Crippen LogP contribution in [0, 0.1) is 0 Å². The maximum atomic E-state index is 6.52. The quantitative estimate of drug-likeness (QED) is 0.183. The summed E-state index contributed by atoms with van der Waals surface area (Å²) in [6.45, 7) is 0. The van der Waals surface area contributed by atoms with Gasteiger partial charge in [0.05, 0.1) is 0 Å². The first kappa shape index (κ1) is 27.5. The van der Waals surface area contributed by atoms with Gasteiger partial charge >= 0.3 is 0 Å². The predicted molar refractivity (Wildman–Crippen MR) is 201 cm³/mol. The van der Waals surface area contributed by atoms with Crippen molar-refractivity contribution in [3.8, 4) is 45.3 Å². The lowest BCUT2D eigenvalue weighted by Crippen LogP contribution is -2.00. The molecule has 0 aliphatic heterocycles. The van der Waals surface area contributed by atoms with Crippen molar-refractivity contribution in [2.75, 3.05) is 0 Å². The number of nitrogens with zero attached hydrogens (tertiary/aromatic N) is 3. The second kappa shape index (κ2) is 11.0. The lowest BCUT2D eigenvalue weighted by atomic mass is 9.92. The number of aromatic nitrogens is 3. The Bertz CT molecular complexity index is 2820. The van der Waals surface area contributed by atoms with E-state index < -0.39 is 0 Å². The minimum absolute atomic E-state index is 0.640. The molecule has 4 nitrogen and oxygen atoms in total. The summed E-state index contributed by atoms with van der Waals surface area (Å²) in [4.78, 5) is 15.0. The summed E-state index contributed by atoms with van der Waals surface area (Å²) >= 11 is 0. The van der Waals surface area contributed by atoms with Gasteiger partial charge < -0.3 is 4.42 Å². The van der Waals surface area contributed by atoms with Crippen LogP contribution in [0.3, 0.4) is 0 Å². The minimum Gasteiger partial charge on any atom is -0.456 e. The van der Waals surface area contributed by atoms with E-state index >= 15 is 0 Å². The van der Waals surface area contributed by atoms with Crippen LogP contribution in [0.5, 0.6) is 0 Å². The van der Waals surface area contributed by atoms with Crippen LogP contribution in [0.1, 0.15) is 0 Å². The van der Waals surface area contributed by atoms with E-state index in [0.717, 1.165) is 60.5 Å². The molecule has 0 fully saturated rings. The van der Waals surface area contributed by atoms with Crippen molar-refractivity contribution in [2.45, 2.75) is 0 Å². The van der Waals surface area contributed by atoms with Crippen molar-refractivity contribution in [2.24, 2.45) is 0 Å². The van der Waals surface area contributed by atoms with Crippen LogP contribution in [0.2, 0.25) is 0 Å². The van der Waals surface area contributed by atoms with Crippen molar-refractivity contribution in [3.05, 3.63) is 164 Å². The fraction of sp³-hybridized carbons (Fsp3) is 0. The first-order valence-electron chi connectivity index (χ1n) is 16.4. The van der Waals surface area contributed by atoms with Crippen LogP contribution in [0.25, 0.3) is 99.5 Å². The number of benzene rings is 8. The highest BCUT2D eigenvalue weighted by Gasteiger charge is 2.18. The Morgan fingerprint density at radius 1 is 0.327 bits per heavy atom. The minimum atomic E-state index is 0.640. The molecule has 0 aliphatic carbocycles. The van der Waals surface area contributed by atoms with E-state index in [4.69, 9.17) is 19.4 Å². The summed E-state index contributed by atoms with van der Waals surface area (Å²) in [5, 5.41) is 9.29. The highest BCUT2D eigenvalue weighted by molar-refractivity contribution is 6.20. The van der Waals surface area contributed by atoms with Gasteiger partial charge in [-0.3, -0.25) is 0 Å². The third-order valence-electron chi connectivity index (χ3n) is 9.51. The van der Waals surface area contributed by atoms with Crippen LogP contribution in [0.15, 0.2) is 168 Å². The number of hydrogen-bond acceptors (Lipinski definition) is 4. The second-order valence-corrected chi connectivity index (χ2v) is 12.4. The van der Waals surface area contributed by atoms with E-state index in [1.54, 1.807) is 0 Å². The van der Waals surface area contributed by atoms with Gasteiger partial charge in [-0.2, -0.15) is 0 Å². The van der Waals surface area contributed by atoms with Gasteiger partial charge in [0, 0.05) is 27.5 Å². The van der Waals surface area contributed by atoms with Crippen LogP contribution >= 0.6 is 0 Å². The second-order valence-electron chi connectivity index (χ2n) is 12.4. The molecule has 10 aromatic rings. The van der Waals surface area contributed by atoms with E-state index in [2.05, 4.69) is 103 Å². The molecule has 8 aromatic carbocycles. The average Bonchev–Trinajstić information content (AvgIpc) is 3.55. The van der Waals surface area contributed by atoms with Gasteiger partial charge in [0.1, 0.15) is 11.2 Å². The van der Waals surface area contributed by atoms with Crippen molar-refractivity contribution in [1.82, 2.24) is 15.0 Å². The number of hydrogen-bond donors (Lipinski definition) is 0. The first-order chi connectivity index (χ1) is 24.3. The van der Waals surface area contributed by atoms with E-state index in [1.807, 2.05) is 60.7 Å². The molecule has 0 spiro atoms. The highest BCUT2D eigenvalue weighted by atomic mass is 16.3. The predicted octanol–water partition coefficient (Wildman–Crippen LogP) is 11.9. The molecule has 0 unspecified atom stereocenters. The van der Waals surface area contributed by atoms with Gasteiger partial charge in [-0.1, -0.05) is 146 Å². The molecule has 0 bridgehead atoms. The third kappa shape index (κ3) is 4.49. The summed E-state index contributed by atoms with van der Waals surface area (Å²) in [6, 6.07) is 56.9. The molecule has 4 heteroatoms. The maximum absolute atomic E-state index is 6.52. The van der Waals surface area contributed by atoms with E-state index in [1.165, 1.54) is 21.5 Å². The molecule has 2 aromatic heterocycles. The lowest BCUT2D eigenvalue weighted by molar-refractivity contribution is 0.669. The molecular formula is C45H27N3O. The molecule has 0 aliphatic rings. The summed E-state index contributed by atoms with van der Waals surface area (Å²) in [7, 11) is 0. The largest absolute Gasteiger partial charge is 0.456 e. The Balaban J connectivity index is 1.21. The lowest BCUT2D eigenvalue weighted by Gasteiger charge is -2.13. The zero-order valence-corrected chi connectivity index (χ0v) is 26.3. The van der Waals surface area contributed by atoms with Gasteiger partial charge in [0.15, 0.2) is 17.5 Å². The SMILES string of the molecule is c1ccc(-c2nc(-c3ccccc3)nc(-c3cccc4c(-c5cccc6oc7cc8ccc9ccccc9c8cc7c56)cccc34)n2)cc1. The van der Waals surface area contributed by atoms with Gasteiger partial charge in [0.25, 0.3) is 0 Å². The molecule has 10 rings (SSSR count). The third-order valence-corrected chi connectivity index (χ3v) is 9.51. The summed E-state index contributed by atoms with van der Waals surface area (Å²) in [5.41, 5.74) is 6.87. The van der Waals surface area contributed by atoms with Crippen molar-refractivity contribution < 1.29 is 4.42 Å². The van der Waals surface area contributed by atoms with Crippen LogP contribution in [-0.2, 0) is 0 Å². The van der Waals surface area contributed by atoms with Gasteiger partial charge in [-0.25, -0.2) is 15.0 Å². The Hall–Kier alpha value is -6.65. The summed E-state index contributed by atoms with van der Waals surface area (Å²) in [5.74, 6) is 1.93. The van der Waals surface area contributed by atoms with Gasteiger partial charge in [-0.05, 0) is 61.6 Å². The zero-order chi connectivity index (χ0) is 32.3. The van der Waals surface area contributed by atoms with E-state index in [0.29, 0.717) is 17.5 Å². The molecule has 0 amide bonds. The molecule has 228 valence electrons. The Labute approximate surface area is 282 Å². The normalized spacial score (nSPS) is 11.7. The smallest absolute Gasteiger partial charge is 0.164 e. The number of fused-ring (bicyclic) bond motifs is 7. The van der Waals surface area contributed by atoms with E-state index in [9.17, 15) is 0 Å². The van der Waals surface area contributed by atoms with Crippen molar-refractivity contribution >= 4 is 54.3 Å². The van der Waals surface area contributed by atoms with Crippen molar-refractivity contribution in [1.29, 1.82) is 0 Å². The van der Waals surface area contributed by atoms with Crippen LogP contribution in [-0.4, -0.2) is 15.0 Å². The van der Waals surface area contributed by atoms with E-state index in [-0.39, 0.29) is 0 Å². The molecular weight excluding hydrogens is 599 g/mol. The molecule has 0 N–H and O–H groups in total. The molecule has 49 heavy (non-hydrogen) atoms. The van der Waals surface area contributed by atoms with Gasteiger partial charge in [-0.15, -0.1) is 0 Å². The van der Waals surface area contributed by atoms with Gasteiger partial charge in [0.2, 0.25) is 0 Å². The standard InChI is InChI=1S/C45H27N3O/c1-3-13-29(14-4-1)43-46-44(30-15-5-2-6-16-30)48-45(47-43)37-22-10-18-33-34(19-9-20-35(33)37)36-21-11-23-40-42(36)39-27-38-31(26-41(39)49-40)25-24-28-12-7-8-17-32(28)38/h1-27H. The fourth-order valence-corrected chi connectivity index (χ4v) is 7.22. The molecule has 0 radical (unpaired) electrons. The van der Waals surface area contributed by atoms with Crippen LogP contribution < -0.4 is 0 Å². The highest BCUT2D eigenvalue weighted by Crippen LogP contribution is 2.42. The van der Waals surface area contributed by atoms with Crippen LogP contribution in [0.4, 0.5) is 0 Å². The first-order valence-corrected chi connectivity index (χ1v) is 16.4. The Kier molecular flexibility index (Phi) is 6.15. The summed E-state index contributed by atoms with van der Waals surface area (Å²) in [6.07, 6.45) is 0. The topological polar surface area (TPSA) is 51.8 Å². The molecule has 0 saturated carbocycles.